The van der Waals surface area contributed by atoms with Gasteiger partial charge in [-0.05, 0) is 58.7 Å². The zero-order chi connectivity index (χ0) is 37.2. The molecule has 0 saturated carbocycles. The predicted molar refractivity (Wildman–Crippen MR) is 240 cm³/mol. The molecule has 0 fully saturated rings. The number of benzene rings is 8. The maximum atomic E-state index is 5.62. The lowest BCUT2D eigenvalue weighted by atomic mass is 9.99. The van der Waals surface area contributed by atoms with Gasteiger partial charge in [0, 0.05) is 53.4 Å². The number of fused-ring (bicyclic) bond motifs is 13. The largest absolute Gasteiger partial charge is 0.308 e. The van der Waals surface area contributed by atoms with E-state index >= 15 is 0 Å². The van der Waals surface area contributed by atoms with Gasteiger partial charge in [-0.25, -0.2) is 9.97 Å². The van der Waals surface area contributed by atoms with Crippen LogP contribution in [0, 0.1) is 0 Å². The highest BCUT2D eigenvalue weighted by atomic mass is 32.1. The van der Waals surface area contributed by atoms with Crippen LogP contribution in [0.1, 0.15) is 0 Å². The molecule has 0 aliphatic heterocycles. The fourth-order valence-electron chi connectivity index (χ4n) is 9.41. The zero-order valence-corrected chi connectivity index (χ0v) is 31.3. The summed E-state index contributed by atoms with van der Waals surface area (Å²) >= 11 is 1.74. The third-order valence-corrected chi connectivity index (χ3v) is 13.0. The van der Waals surface area contributed by atoms with Crippen LogP contribution >= 0.6 is 11.3 Å². The Labute approximate surface area is 330 Å². The summed E-state index contributed by atoms with van der Waals surface area (Å²) < 4.78 is 6.00. The normalized spacial score (nSPS) is 12.2. The molecule has 0 amide bonds. The molecule has 0 saturated heterocycles. The van der Waals surface area contributed by atoms with Crippen molar-refractivity contribution in [2.45, 2.75) is 0 Å². The molecule has 0 spiro atoms. The first-order chi connectivity index (χ1) is 28.3. The maximum Gasteiger partial charge on any atom is 0.236 e. The average Bonchev–Trinajstić information content (AvgIpc) is 4.02. The molecular weight excluding hydrogens is 713 g/mol. The Kier molecular flexibility index (Phi) is 6.29. The molecule has 4 nitrogen and oxygen atoms in total. The molecule has 57 heavy (non-hydrogen) atoms. The SMILES string of the molecule is c1ccc(-c2ccc(-c3nc(-n4c5ccc(-c6ccccc6)cc5c5c6c7ccccc7n7c8ccccc8c(cc54)c67)nc4sc5ccccc5c34)cc2)cc1. The lowest BCUT2D eigenvalue weighted by molar-refractivity contribution is 1.02. The minimum atomic E-state index is 0.672. The molecule has 0 bridgehead atoms. The molecule has 264 valence electrons. The molecule has 5 aromatic heterocycles. The van der Waals surface area contributed by atoms with Gasteiger partial charge in [0.15, 0.2) is 0 Å². The van der Waals surface area contributed by atoms with E-state index in [4.69, 9.17) is 9.97 Å². The number of para-hydroxylation sites is 2. The van der Waals surface area contributed by atoms with Crippen molar-refractivity contribution >= 4 is 91.5 Å². The molecule has 8 aromatic carbocycles. The van der Waals surface area contributed by atoms with Crippen LogP contribution in [0.4, 0.5) is 0 Å². The Morgan fingerprint density at radius 1 is 0.368 bits per heavy atom. The standard InChI is InChI=1S/C52H30N4S/c1-3-13-31(14-4-1)33-23-25-34(26-24-33)49-48-38-19-9-12-22-45(38)57-51(48)54-52(53-49)56-43-28-27-35(32-15-5-2-6-16-32)29-40(43)46-44(56)30-39-36-17-7-10-20-41(36)55-42-21-11-8-18-37(42)47(46)50(39)55/h1-30H. The summed E-state index contributed by atoms with van der Waals surface area (Å²) in [5.41, 5.74) is 12.6. The number of aromatic nitrogens is 4. The summed E-state index contributed by atoms with van der Waals surface area (Å²) in [6.07, 6.45) is 0. The van der Waals surface area contributed by atoms with Crippen molar-refractivity contribution in [3.8, 4) is 39.5 Å². The van der Waals surface area contributed by atoms with Crippen LogP contribution < -0.4 is 0 Å². The van der Waals surface area contributed by atoms with Gasteiger partial charge in [0.25, 0.3) is 0 Å². The quantitative estimate of drug-likeness (QED) is 0.180. The van der Waals surface area contributed by atoms with Gasteiger partial charge in [0.1, 0.15) is 4.83 Å². The maximum absolute atomic E-state index is 5.62. The summed E-state index contributed by atoms with van der Waals surface area (Å²) in [5, 5.41) is 9.67. The molecule has 0 N–H and O–H groups in total. The fourth-order valence-corrected chi connectivity index (χ4v) is 10.5. The Morgan fingerprint density at radius 2 is 0.965 bits per heavy atom. The highest BCUT2D eigenvalue weighted by Crippen LogP contribution is 2.48. The molecular formula is C52H30N4S. The first-order valence-electron chi connectivity index (χ1n) is 19.3. The molecule has 0 radical (unpaired) electrons. The molecule has 0 aliphatic rings. The summed E-state index contributed by atoms with van der Waals surface area (Å²) in [6.45, 7) is 0. The highest BCUT2D eigenvalue weighted by molar-refractivity contribution is 7.25. The van der Waals surface area contributed by atoms with Crippen LogP contribution in [0.25, 0.3) is 120 Å². The monoisotopic (exact) mass is 742 g/mol. The molecule has 0 unspecified atom stereocenters. The number of nitrogens with zero attached hydrogens (tertiary/aromatic N) is 4. The Bertz CT molecular complexity index is 3730. The van der Waals surface area contributed by atoms with Crippen LogP contribution in [0.5, 0.6) is 0 Å². The minimum absolute atomic E-state index is 0.672. The number of hydrogen-bond donors (Lipinski definition) is 0. The van der Waals surface area contributed by atoms with Crippen molar-refractivity contribution in [1.29, 1.82) is 0 Å². The van der Waals surface area contributed by atoms with E-state index in [1.165, 1.54) is 81.2 Å². The summed E-state index contributed by atoms with van der Waals surface area (Å²) in [6, 6.07) is 65.7. The molecule has 5 heteroatoms. The summed E-state index contributed by atoms with van der Waals surface area (Å²) in [7, 11) is 0. The van der Waals surface area contributed by atoms with Crippen LogP contribution in [0.2, 0.25) is 0 Å². The molecule has 0 atom stereocenters. The van der Waals surface area contributed by atoms with Crippen molar-refractivity contribution in [1.82, 2.24) is 18.9 Å². The van der Waals surface area contributed by atoms with Gasteiger partial charge in [0.05, 0.1) is 33.3 Å². The van der Waals surface area contributed by atoms with Crippen molar-refractivity contribution in [3.05, 3.63) is 182 Å². The van der Waals surface area contributed by atoms with E-state index in [0.717, 1.165) is 32.5 Å². The van der Waals surface area contributed by atoms with Crippen molar-refractivity contribution in [3.63, 3.8) is 0 Å². The van der Waals surface area contributed by atoms with Gasteiger partial charge in [-0.2, -0.15) is 0 Å². The van der Waals surface area contributed by atoms with Gasteiger partial charge < -0.3 is 4.40 Å². The van der Waals surface area contributed by atoms with E-state index < -0.39 is 0 Å². The van der Waals surface area contributed by atoms with Crippen molar-refractivity contribution in [2.24, 2.45) is 0 Å². The van der Waals surface area contributed by atoms with Gasteiger partial charge in [-0.15, -0.1) is 11.3 Å². The fraction of sp³-hybridized carbons (Fsp3) is 0. The Hall–Kier alpha value is -7.34. The first kappa shape index (κ1) is 30.9. The average molecular weight is 743 g/mol. The van der Waals surface area contributed by atoms with Crippen molar-refractivity contribution < 1.29 is 0 Å². The summed E-state index contributed by atoms with van der Waals surface area (Å²) in [5.74, 6) is 0.672. The predicted octanol–water partition coefficient (Wildman–Crippen LogP) is 14.1. The van der Waals surface area contributed by atoms with E-state index in [0.29, 0.717) is 5.95 Å². The van der Waals surface area contributed by atoms with Crippen LogP contribution in [-0.4, -0.2) is 18.9 Å². The van der Waals surface area contributed by atoms with Gasteiger partial charge >= 0.3 is 0 Å². The van der Waals surface area contributed by atoms with Crippen LogP contribution in [0.3, 0.4) is 0 Å². The second-order valence-electron chi connectivity index (χ2n) is 14.9. The number of thiophene rings is 1. The highest BCUT2D eigenvalue weighted by Gasteiger charge is 2.26. The van der Waals surface area contributed by atoms with E-state index in [1.54, 1.807) is 11.3 Å². The number of hydrogen-bond acceptors (Lipinski definition) is 3. The summed E-state index contributed by atoms with van der Waals surface area (Å²) in [4.78, 5) is 12.1. The Balaban J connectivity index is 1.18. The molecule has 0 aliphatic carbocycles. The molecule has 5 heterocycles. The minimum Gasteiger partial charge on any atom is -0.308 e. The van der Waals surface area contributed by atoms with Crippen LogP contribution in [-0.2, 0) is 0 Å². The van der Waals surface area contributed by atoms with Crippen molar-refractivity contribution in [2.75, 3.05) is 0 Å². The lowest BCUT2D eigenvalue weighted by Gasteiger charge is -2.11. The third-order valence-electron chi connectivity index (χ3n) is 11.9. The van der Waals surface area contributed by atoms with Gasteiger partial charge in [0.2, 0.25) is 5.95 Å². The van der Waals surface area contributed by atoms with E-state index in [1.807, 2.05) is 0 Å². The first-order valence-corrected chi connectivity index (χ1v) is 20.2. The van der Waals surface area contributed by atoms with E-state index in [-0.39, 0.29) is 0 Å². The van der Waals surface area contributed by atoms with Gasteiger partial charge in [-0.3, -0.25) is 4.57 Å². The smallest absolute Gasteiger partial charge is 0.236 e. The van der Waals surface area contributed by atoms with E-state index in [9.17, 15) is 0 Å². The second kappa shape index (κ2) is 11.6. The Morgan fingerprint density at radius 3 is 1.74 bits per heavy atom. The lowest BCUT2D eigenvalue weighted by Crippen LogP contribution is -2.02. The number of rotatable bonds is 4. The third kappa shape index (κ3) is 4.32. The zero-order valence-electron chi connectivity index (χ0n) is 30.5. The molecule has 13 aromatic rings. The second-order valence-corrected chi connectivity index (χ2v) is 16.0. The van der Waals surface area contributed by atoms with Crippen LogP contribution in [0.15, 0.2) is 182 Å². The topological polar surface area (TPSA) is 35.1 Å². The van der Waals surface area contributed by atoms with Gasteiger partial charge in [-0.1, -0.05) is 146 Å². The molecule has 13 rings (SSSR count). The van der Waals surface area contributed by atoms with E-state index in [2.05, 4.69) is 191 Å².